The van der Waals surface area contributed by atoms with E-state index in [1.165, 1.54) is 24.3 Å². The van der Waals surface area contributed by atoms with Crippen molar-refractivity contribution in [2.45, 2.75) is 19.3 Å². The standard InChI is InChI=1S/C29H20Br2N2O8/c1-29(2,19-5-9-21(10-6-19)40-27(34)17-3-13-23(30)25(15-17)32(36)37)20-7-11-22(12-8-20)41-28(35)18-4-14-24(31)26(16-18)33(38)39/h3-16H,1-2H3. The minimum atomic E-state index is -0.726. The number of ether oxygens (including phenoxy) is 2. The molecule has 41 heavy (non-hydrogen) atoms. The fourth-order valence-electron chi connectivity index (χ4n) is 3.94. The van der Waals surface area contributed by atoms with Gasteiger partial charge in [-0.15, -0.1) is 0 Å². The van der Waals surface area contributed by atoms with Gasteiger partial charge in [-0.2, -0.15) is 0 Å². The van der Waals surface area contributed by atoms with Crippen LogP contribution in [0.4, 0.5) is 11.4 Å². The number of nitro benzene ring substituents is 2. The normalized spacial score (nSPS) is 11.0. The number of carbonyl (C=O) groups excluding carboxylic acids is 2. The fraction of sp³-hybridized carbons (Fsp3) is 0.103. The second-order valence-electron chi connectivity index (χ2n) is 9.30. The first-order valence-electron chi connectivity index (χ1n) is 11.9. The lowest BCUT2D eigenvalue weighted by molar-refractivity contribution is -0.385. The first-order valence-corrected chi connectivity index (χ1v) is 13.5. The van der Waals surface area contributed by atoms with E-state index in [9.17, 15) is 29.8 Å². The molecule has 0 unspecified atom stereocenters. The third-order valence-electron chi connectivity index (χ3n) is 6.33. The number of hydrogen-bond acceptors (Lipinski definition) is 8. The van der Waals surface area contributed by atoms with Crippen molar-refractivity contribution >= 4 is 55.2 Å². The van der Waals surface area contributed by atoms with Gasteiger partial charge in [0.1, 0.15) is 11.5 Å². The summed E-state index contributed by atoms with van der Waals surface area (Å²) in [5.41, 5.74) is 0.937. The molecule has 0 fully saturated rings. The summed E-state index contributed by atoms with van der Waals surface area (Å²) in [7, 11) is 0. The summed E-state index contributed by atoms with van der Waals surface area (Å²) in [6, 6.07) is 21.8. The lowest BCUT2D eigenvalue weighted by Crippen LogP contribution is -2.19. The van der Waals surface area contributed by atoms with E-state index in [2.05, 4.69) is 31.9 Å². The van der Waals surface area contributed by atoms with Gasteiger partial charge in [0, 0.05) is 17.5 Å². The molecule has 208 valence electrons. The Balaban J connectivity index is 1.44. The Hall–Kier alpha value is -4.42. The van der Waals surface area contributed by atoms with Crippen molar-refractivity contribution in [1.82, 2.24) is 0 Å². The number of benzene rings is 4. The van der Waals surface area contributed by atoms with E-state index in [1.54, 1.807) is 48.5 Å². The van der Waals surface area contributed by atoms with Crippen LogP contribution in [0, 0.1) is 20.2 Å². The predicted molar refractivity (Wildman–Crippen MR) is 157 cm³/mol. The highest BCUT2D eigenvalue weighted by Crippen LogP contribution is 2.34. The molecule has 0 aliphatic carbocycles. The summed E-state index contributed by atoms with van der Waals surface area (Å²) in [5.74, 6) is -0.905. The summed E-state index contributed by atoms with van der Waals surface area (Å²) in [6.45, 7) is 3.99. The zero-order valence-electron chi connectivity index (χ0n) is 21.5. The Bertz CT molecular complexity index is 1550. The second-order valence-corrected chi connectivity index (χ2v) is 11.0. The highest BCUT2D eigenvalue weighted by molar-refractivity contribution is 9.11. The SMILES string of the molecule is CC(C)(c1ccc(OC(=O)c2ccc(Br)c([N+](=O)[O-])c2)cc1)c1ccc(OC(=O)c2ccc(Br)c([N+](=O)[O-])c2)cc1. The van der Waals surface area contributed by atoms with Crippen molar-refractivity contribution in [2.24, 2.45) is 0 Å². The molecule has 4 rings (SSSR count). The summed E-state index contributed by atoms with van der Waals surface area (Å²) in [4.78, 5) is 46.2. The molecule has 0 aliphatic heterocycles. The van der Waals surface area contributed by atoms with Crippen LogP contribution >= 0.6 is 31.9 Å². The molecule has 0 heterocycles. The number of esters is 2. The fourth-order valence-corrected chi connectivity index (χ4v) is 4.72. The van der Waals surface area contributed by atoms with E-state index in [1.807, 2.05) is 13.8 Å². The van der Waals surface area contributed by atoms with E-state index in [0.29, 0.717) is 0 Å². The van der Waals surface area contributed by atoms with Crippen LogP contribution < -0.4 is 9.47 Å². The highest BCUT2D eigenvalue weighted by atomic mass is 79.9. The van der Waals surface area contributed by atoms with Gasteiger partial charge in [0.15, 0.2) is 0 Å². The lowest BCUT2D eigenvalue weighted by atomic mass is 9.78. The van der Waals surface area contributed by atoms with Gasteiger partial charge in [0.2, 0.25) is 0 Å². The van der Waals surface area contributed by atoms with Crippen LogP contribution in [0.1, 0.15) is 45.7 Å². The minimum absolute atomic E-state index is 0.0449. The van der Waals surface area contributed by atoms with Gasteiger partial charge < -0.3 is 9.47 Å². The zero-order valence-corrected chi connectivity index (χ0v) is 24.7. The second kappa shape index (κ2) is 12.0. The van der Waals surface area contributed by atoms with Gasteiger partial charge in [0.05, 0.1) is 29.9 Å². The van der Waals surface area contributed by atoms with Gasteiger partial charge >= 0.3 is 11.9 Å². The molecule has 0 atom stereocenters. The number of nitrogens with zero attached hydrogens (tertiary/aromatic N) is 2. The smallest absolute Gasteiger partial charge is 0.343 e. The van der Waals surface area contributed by atoms with Crippen molar-refractivity contribution in [3.05, 3.63) is 136 Å². The monoisotopic (exact) mass is 682 g/mol. The molecular formula is C29H20Br2N2O8. The van der Waals surface area contributed by atoms with Crippen LogP contribution in [0.25, 0.3) is 0 Å². The molecule has 0 saturated heterocycles. The third-order valence-corrected chi connectivity index (χ3v) is 7.67. The van der Waals surface area contributed by atoms with Crippen molar-refractivity contribution in [3.8, 4) is 11.5 Å². The van der Waals surface area contributed by atoms with Crippen LogP contribution in [0.15, 0.2) is 93.9 Å². The lowest BCUT2D eigenvalue weighted by Gasteiger charge is -2.26. The summed E-state index contributed by atoms with van der Waals surface area (Å²) in [6.07, 6.45) is 0. The van der Waals surface area contributed by atoms with Gasteiger partial charge in [-0.3, -0.25) is 20.2 Å². The maximum absolute atomic E-state index is 12.5. The summed E-state index contributed by atoms with van der Waals surface area (Å²) >= 11 is 6.18. The molecule has 4 aromatic rings. The molecule has 10 nitrogen and oxygen atoms in total. The van der Waals surface area contributed by atoms with E-state index in [0.717, 1.165) is 23.3 Å². The molecule has 0 aromatic heterocycles. The Kier molecular flexibility index (Phi) is 8.64. The molecule has 0 amide bonds. The van der Waals surface area contributed by atoms with Gasteiger partial charge in [0.25, 0.3) is 11.4 Å². The van der Waals surface area contributed by atoms with E-state index < -0.39 is 27.2 Å². The molecule has 0 spiro atoms. The molecule has 0 radical (unpaired) electrons. The number of carbonyl (C=O) groups is 2. The van der Waals surface area contributed by atoms with Crippen molar-refractivity contribution < 1.29 is 28.9 Å². The topological polar surface area (TPSA) is 139 Å². The van der Waals surface area contributed by atoms with Crippen LogP contribution in [0.3, 0.4) is 0 Å². The number of rotatable bonds is 8. The molecular weight excluding hydrogens is 664 g/mol. The Labute approximate surface area is 250 Å². The van der Waals surface area contributed by atoms with Crippen LogP contribution in [-0.4, -0.2) is 21.8 Å². The summed E-state index contributed by atoms with van der Waals surface area (Å²) in [5, 5.41) is 22.3. The number of hydrogen-bond donors (Lipinski definition) is 0. The van der Waals surface area contributed by atoms with Crippen LogP contribution in [0.5, 0.6) is 11.5 Å². The highest BCUT2D eigenvalue weighted by Gasteiger charge is 2.24. The van der Waals surface area contributed by atoms with Gasteiger partial charge in [-0.05, 0) is 91.5 Å². The molecule has 0 N–H and O–H groups in total. The van der Waals surface area contributed by atoms with Gasteiger partial charge in [-0.1, -0.05) is 38.1 Å². The molecule has 0 saturated carbocycles. The molecule has 0 bridgehead atoms. The van der Waals surface area contributed by atoms with E-state index >= 15 is 0 Å². The average molecular weight is 684 g/mol. The summed E-state index contributed by atoms with van der Waals surface area (Å²) < 4.78 is 11.3. The maximum Gasteiger partial charge on any atom is 0.343 e. The maximum atomic E-state index is 12.5. The number of halogens is 2. The molecule has 4 aromatic carbocycles. The first kappa shape index (κ1) is 29.6. The average Bonchev–Trinajstić information content (AvgIpc) is 2.93. The van der Waals surface area contributed by atoms with Crippen LogP contribution in [0.2, 0.25) is 0 Å². The number of nitro groups is 2. The largest absolute Gasteiger partial charge is 0.423 e. The van der Waals surface area contributed by atoms with Crippen molar-refractivity contribution in [2.75, 3.05) is 0 Å². The van der Waals surface area contributed by atoms with E-state index in [-0.39, 0.29) is 42.9 Å². The van der Waals surface area contributed by atoms with Crippen molar-refractivity contribution in [3.63, 3.8) is 0 Å². The predicted octanol–water partition coefficient (Wildman–Crippen LogP) is 7.79. The Morgan fingerprint density at radius 2 is 0.976 bits per heavy atom. The molecule has 0 aliphatic rings. The quantitative estimate of drug-likeness (QED) is 0.0794. The van der Waals surface area contributed by atoms with Crippen LogP contribution in [-0.2, 0) is 5.41 Å². The minimum Gasteiger partial charge on any atom is -0.423 e. The third kappa shape index (κ3) is 6.67. The molecule has 12 heteroatoms. The van der Waals surface area contributed by atoms with Crippen molar-refractivity contribution in [1.29, 1.82) is 0 Å². The first-order chi connectivity index (χ1) is 19.4. The van der Waals surface area contributed by atoms with Gasteiger partial charge in [-0.25, -0.2) is 9.59 Å². The van der Waals surface area contributed by atoms with E-state index in [4.69, 9.17) is 9.47 Å². The Morgan fingerprint density at radius 3 is 1.29 bits per heavy atom. The Morgan fingerprint density at radius 1 is 0.634 bits per heavy atom. The zero-order chi connectivity index (χ0) is 29.9.